The predicted molar refractivity (Wildman–Crippen MR) is 94.1 cm³/mol. The minimum absolute atomic E-state index is 0.0514. The smallest absolute Gasteiger partial charge is 0.309 e. The maximum atomic E-state index is 11.9. The number of benzene rings is 1. The summed E-state index contributed by atoms with van der Waals surface area (Å²) in [7, 11) is 0. The Balaban J connectivity index is 1.54. The van der Waals surface area contributed by atoms with E-state index in [1.807, 2.05) is 23.6 Å². The number of aromatic nitrogens is 1. The lowest BCUT2D eigenvalue weighted by Crippen LogP contribution is -2.23. The minimum Gasteiger partial charge on any atom is -0.455 e. The Kier molecular flexibility index (Phi) is 5.48. The SMILES string of the molecule is O=C(COC(=O)C1CCCC1)Nc1nc(-c2ccccc2Cl)cs1. The molecule has 0 atom stereocenters. The van der Waals surface area contributed by atoms with Crippen molar-refractivity contribution in [2.45, 2.75) is 25.7 Å². The van der Waals surface area contributed by atoms with Gasteiger partial charge >= 0.3 is 5.97 Å². The molecule has 3 rings (SSSR count). The number of carbonyl (C=O) groups is 2. The summed E-state index contributed by atoms with van der Waals surface area (Å²) in [5.41, 5.74) is 1.51. The zero-order valence-electron chi connectivity index (χ0n) is 13.0. The van der Waals surface area contributed by atoms with Crippen molar-refractivity contribution in [3.8, 4) is 11.3 Å². The van der Waals surface area contributed by atoms with Gasteiger partial charge in [0.05, 0.1) is 11.6 Å². The number of hydrogen-bond acceptors (Lipinski definition) is 5. The van der Waals surface area contributed by atoms with Crippen LogP contribution in [0.3, 0.4) is 0 Å². The molecule has 5 nitrogen and oxygen atoms in total. The molecule has 0 bridgehead atoms. The van der Waals surface area contributed by atoms with Crippen molar-refractivity contribution in [2.24, 2.45) is 5.92 Å². The van der Waals surface area contributed by atoms with Crippen LogP contribution in [0.2, 0.25) is 5.02 Å². The van der Waals surface area contributed by atoms with Crippen molar-refractivity contribution >= 4 is 39.9 Å². The molecule has 1 aliphatic rings. The predicted octanol–water partition coefficient (Wildman–Crippen LogP) is 4.14. The normalized spacial score (nSPS) is 14.5. The first kappa shape index (κ1) is 16.9. The molecule has 0 spiro atoms. The molecule has 126 valence electrons. The lowest BCUT2D eigenvalue weighted by Gasteiger charge is -2.08. The topological polar surface area (TPSA) is 68.3 Å². The third-order valence-electron chi connectivity index (χ3n) is 3.93. The summed E-state index contributed by atoms with van der Waals surface area (Å²) in [6.45, 7) is -0.281. The van der Waals surface area contributed by atoms with E-state index in [-0.39, 0.29) is 24.4 Å². The third-order valence-corrected chi connectivity index (χ3v) is 5.02. The van der Waals surface area contributed by atoms with E-state index in [9.17, 15) is 9.59 Å². The molecule has 24 heavy (non-hydrogen) atoms. The number of carbonyl (C=O) groups excluding carboxylic acids is 2. The first-order valence-corrected chi connectivity index (χ1v) is 9.06. The molecule has 0 saturated heterocycles. The summed E-state index contributed by atoms with van der Waals surface area (Å²) in [6, 6.07) is 7.38. The van der Waals surface area contributed by atoms with Crippen molar-refractivity contribution in [3.05, 3.63) is 34.7 Å². The van der Waals surface area contributed by atoms with Crippen LogP contribution in [-0.2, 0) is 14.3 Å². The molecule has 0 radical (unpaired) electrons. The van der Waals surface area contributed by atoms with Gasteiger partial charge in [0.1, 0.15) is 0 Å². The number of rotatable bonds is 5. The highest BCUT2D eigenvalue weighted by atomic mass is 35.5. The molecule has 7 heteroatoms. The number of esters is 1. The van der Waals surface area contributed by atoms with Crippen LogP contribution in [0.5, 0.6) is 0 Å². The second-order valence-electron chi connectivity index (χ2n) is 5.66. The summed E-state index contributed by atoms with van der Waals surface area (Å²) in [4.78, 5) is 28.0. The number of ether oxygens (including phenoxy) is 1. The first-order chi connectivity index (χ1) is 11.6. The van der Waals surface area contributed by atoms with Gasteiger partial charge in [0.2, 0.25) is 0 Å². The summed E-state index contributed by atoms with van der Waals surface area (Å²) in [5.74, 6) is -0.718. The van der Waals surface area contributed by atoms with E-state index in [2.05, 4.69) is 10.3 Å². The van der Waals surface area contributed by atoms with Gasteiger partial charge in [-0.25, -0.2) is 4.98 Å². The molecule has 1 aromatic carbocycles. The Labute approximate surface area is 149 Å². The molecule has 1 amide bonds. The van der Waals surface area contributed by atoms with Crippen LogP contribution < -0.4 is 5.32 Å². The second kappa shape index (κ2) is 7.77. The van der Waals surface area contributed by atoms with Crippen molar-refractivity contribution in [2.75, 3.05) is 11.9 Å². The molecule has 1 saturated carbocycles. The number of nitrogens with one attached hydrogen (secondary N) is 1. The Morgan fingerprint density at radius 1 is 1.29 bits per heavy atom. The summed E-state index contributed by atoms with van der Waals surface area (Å²) >= 11 is 7.44. The van der Waals surface area contributed by atoms with Crippen LogP contribution >= 0.6 is 22.9 Å². The largest absolute Gasteiger partial charge is 0.455 e. The molecular formula is C17H17ClN2O3S. The highest BCUT2D eigenvalue weighted by Gasteiger charge is 2.24. The van der Waals surface area contributed by atoms with E-state index in [1.54, 1.807) is 6.07 Å². The molecule has 2 aromatic rings. The average molecular weight is 365 g/mol. The quantitative estimate of drug-likeness (QED) is 0.810. The van der Waals surface area contributed by atoms with Crippen LogP contribution in [0.4, 0.5) is 5.13 Å². The van der Waals surface area contributed by atoms with Gasteiger partial charge in [0.15, 0.2) is 11.7 Å². The van der Waals surface area contributed by atoms with Gasteiger partial charge in [-0.1, -0.05) is 42.6 Å². The van der Waals surface area contributed by atoms with E-state index >= 15 is 0 Å². The van der Waals surface area contributed by atoms with Gasteiger partial charge in [-0.15, -0.1) is 11.3 Å². The van der Waals surface area contributed by atoms with Gasteiger partial charge in [0.25, 0.3) is 5.91 Å². The lowest BCUT2D eigenvalue weighted by atomic mass is 10.1. The molecule has 1 heterocycles. The van der Waals surface area contributed by atoms with E-state index in [0.29, 0.717) is 15.8 Å². The number of amides is 1. The number of hydrogen-bond donors (Lipinski definition) is 1. The average Bonchev–Trinajstić information content (AvgIpc) is 3.25. The molecule has 1 fully saturated rings. The monoisotopic (exact) mass is 364 g/mol. The van der Waals surface area contributed by atoms with Gasteiger partial charge in [-0.3, -0.25) is 14.9 Å². The summed E-state index contributed by atoms with van der Waals surface area (Å²) in [6.07, 6.45) is 3.81. The van der Waals surface area contributed by atoms with Gasteiger partial charge in [-0.05, 0) is 18.9 Å². The number of anilines is 1. The highest BCUT2D eigenvalue weighted by molar-refractivity contribution is 7.14. The van der Waals surface area contributed by atoms with Crippen LogP contribution in [0, 0.1) is 5.92 Å². The fraction of sp³-hybridized carbons (Fsp3) is 0.353. The number of nitrogens with zero attached hydrogens (tertiary/aromatic N) is 1. The molecule has 0 unspecified atom stereocenters. The van der Waals surface area contributed by atoms with Crippen molar-refractivity contribution in [1.29, 1.82) is 0 Å². The minimum atomic E-state index is -0.388. The Bertz CT molecular complexity index is 741. The molecule has 0 aliphatic heterocycles. The van der Waals surface area contributed by atoms with E-state index in [0.717, 1.165) is 31.2 Å². The molecule has 1 aliphatic carbocycles. The van der Waals surface area contributed by atoms with Crippen LogP contribution in [0.25, 0.3) is 11.3 Å². The van der Waals surface area contributed by atoms with Gasteiger partial charge in [0, 0.05) is 16.0 Å². The standard InChI is InChI=1S/C17H17ClN2O3S/c18-13-8-4-3-7-12(13)14-10-24-17(19-14)20-15(21)9-23-16(22)11-5-1-2-6-11/h3-4,7-8,10-11H,1-2,5-6,9H2,(H,19,20,21). The van der Waals surface area contributed by atoms with Gasteiger partial charge < -0.3 is 4.74 Å². The highest BCUT2D eigenvalue weighted by Crippen LogP contribution is 2.30. The zero-order chi connectivity index (χ0) is 16.9. The van der Waals surface area contributed by atoms with Crippen LogP contribution in [0.15, 0.2) is 29.6 Å². The Hall–Kier alpha value is -1.92. The lowest BCUT2D eigenvalue weighted by molar-refractivity contribution is -0.151. The summed E-state index contributed by atoms with van der Waals surface area (Å²) in [5, 5.41) is 5.52. The fourth-order valence-corrected chi connectivity index (χ4v) is 3.65. The third kappa shape index (κ3) is 4.13. The van der Waals surface area contributed by atoms with E-state index < -0.39 is 0 Å². The summed E-state index contributed by atoms with van der Waals surface area (Å²) < 4.78 is 5.08. The van der Waals surface area contributed by atoms with Crippen molar-refractivity contribution in [3.63, 3.8) is 0 Å². The van der Waals surface area contributed by atoms with Crippen molar-refractivity contribution < 1.29 is 14.3 Å². The number of thiazole rings is 1. The first-order valence-electron chi connectivity index (χ1n) is 7.80. The maximum Gasteiger partial charge on any atom is 0.309 e. The fourth-order valence-electron chi connectivity index (χ4n) is 2.70. The molecular weight excluding hydrogens is 348 g/mol. The zero-order valence-corrected chi connectivity index (χ0v) is 14.5. The number of halogens is 1. The van der Waals surface area contributed by atoms with E-state index in [4.69, 9.17) is 16.3 Å². The van der Waals surface area contributed by atoms with Crippen molar-refractivity contribution in [1.82, 2.24) is 4.98 Å². The van der Waals surface area contributed by atoms with Crippen LogP contribution in [0.1, 0.15) is 25.7 Å². The van der Waals surface area contributed by atoms with Crippen LogP contribution in [-0.4, -0.2) is 23.5 Å². The molecule has 1 aromatic heterocycles. The van der Waals surface area contributed by atoms with Gasteiger partial charge in [-0.2, -0.15) is 0 Å². The van der Waals surface area contributed by atoms with E-state index in [1.165, 1.54) is 11.3 Å². The Morgan fingerprint density at radius 3 is 2.79 bits per heavy atom. The second-order valence-corrected chi connectivity index (χ2v) is 6.92. The maximum absolute atomic E-state index is 11.9. The molecule has 1 N–H and O–H groups in total. The Morgan fingerprint density at radius 2 is 2.04 bits per heavy atom.